The summed E-state index contributed by atoms with van der Waals surface area (Å²) < 4.78 is 16.5. The van der Waals surface area contributed by atoms with Gasteiger partial charge in [0.05, 0.1) is 32.5 Å². The fraction of sp³-hybridized carbons (Fsp3) is 0.625. The van der Waals surface area contributed by atoms with Crippen LogP contribution in [0.4, 0.5) is 4.79 Å². The molecule has 8 heteroatoms. The highest BCUT2D eigenvalue weighted by molar-refractivity contribution is 5.83. The standard InChI is InChI=1S/C24H33N3O5/c25-16-21(18-31-17-20-9-5-2-6-10-20)26-24(29)32-22(15-19-7-3-1-4-8-19)23(28)27-11-13-30-14-12-27/h2,5-6,9-10,19,21-22H,1,3-4,7-8,11-15,17-18H2,(H,26,29)/t21-,22+/m1/s1. The molecule has 174 valence electrons. The van der Waals surface area contributed by atoms with Crippen LogP contribution in [0.5, 0.6) is 0 Å². The van der Waals surface area contributed by atoms with Gasteiger partial charge in [0.1, 0.15) is 6.04 Å². The van der Waals surface area contributed by atoms with Crippen LogP contribution in [0.2, 0.25) is 0 Å². The molecule has 1 aliphatic heterocycles. The maximum atomic E-state index is 13.1. The molecule has 0 spiro atoms. The van der Waals surface area contributed by atoms with Gasteiger partial charge in [0.15, 0.2) is 6.10 Å². The van der Waals surface area contributed by atoms with E-state index in [0.29, 0.717) is 45.2 Å². The number of nitrogens with one attached hydrogen (secondary N) is 1. The molecular weight excluding hydrogens is 410 g/mol. The molecule has 0 aromatic heterocycles. The highest BCUT2D eigenvalue weighted by Crippen LogP contribution is 2.28. The first-order valence-corrected chi connectivity index (χ1v) is 11.5. The molecule has 2 amide bonds. The lowest BCUT2D eigenvalue weighted by Gasteiger charge is -2.32. The summed E-state index contributed by atoms with van der Waals surface area (Å²) in [5.41, 5.74) is 0.982. The Morgan fingerprint density at radius 1 is 1.16 bits per heavy atom. The van der Waals surface area contributed by atoms with E-state index in [0.717, 1.165) is 31.2 Å². The molecule has 0 bridgehead atoms. The van der Waals surface area contributed by atoms with Gasteiger partial charge in [0.25, 0.3) is 5.91 Å². The van der Waals surface area contributed by atoms with Crippen molar-refractivity contribution in [2.75, 3.05) is 32.9 Å². The second-order valence-electron chi connectivity index (χ2n) is 8.40. The number of hydrogen-bond donors (Lipinski definition) is 1. The van der Waals surface area contributed by atoms with Crippen LogP contribution in [0.25, 0.3) is 0 Å². The van der Waals surface area contributed by atoms with Crippen LogP contribution < -0.4 is 5.32 Å². The molecule has 1 aromatic carbocycles. The van der Waals surface area contributed by atoms with Gasteiger partial charge < -0.3 is 24.4 Å². The minimum Gasteiger partial charge on any atom is -0.436 e. The van der Waals surface area contributed by atoms with Crippen LogP contribution in [0.3, 0.4) is 0 Å². The molecule has 2 aliphatic rings. The zero-order chi connectivity index (χ0) is 22.6. The molecule has 8 nitrogen and oxygen atoms in total. The molecule has 32 heavy (non-hydrogen) atoms. The minimum atomic E-state index is -0.861. The Morgan fingerprint density at radius 3 is 2.56 bits per heavy atom. The number of hydrogen-bond acceptors (Lipinski definition) is 6. The van der Waals surface area contributed by atoms with Gasteiger partial charge in [-0.15, -0.1) is 0 Å². The van der Waals surface area contributed by atoms with E-state index >= 15 is 0 Å². The number of ether oxygens (including phenoxy) is 3. The Hall–Kier alpha value is -2.63. The Morgan fingerprint density at radius 2 is 1.88 bits per heavy atom. The summed E-state index contributed by atoms with van der Waals surface area (Å²) in [4.78, 5) is 27.3. The number of nitrogens with zero attached hydrogens (tertiary/aromatic N) is 2. The third-order valence-corrected chi connectivity index (χ3v) is 5.96. The van der Waals surface area contributed by atoms with Crippen LogP contribution in [0, 0.1) is 17.2 Å². The van der Waals surface area contributed by atoms with Crippen LogP contribution in [0.15, 0.2) is 30.3 Å². The second kappa shape index (κ2) is 13.0. The van der Waals surface area contributed by atoms with Crippen molar-refractivity contribution >= 4 is 12.0 Å². The van der Waals surface area contributed by atoms with E-state index in [1.54, 1.807) is 4.90 Å². The topological polar surface area (TPSA) is 101 Å². The average Bonchev–Trinajstić information content (AvgIpc) is 2.84. The number of morpholine rings is 1. The first-order valence-electron chi connectivity index (χ1n) is 11.5. The van der Waals surface area contributed by atoms with Crippen molar-refractivity contribution in [1.29, 1.82) is 5.26 Å². The van der Waals surface area contributed by atoms with Gasteiger partial charge in [-0.25, -0.2) is 4.79 Å². The summed E-state index contributed by atoms with van der Waals surface area (Å²) >= 11 is 0. The number of rotatable bonds is 9. The monoisotopic (exact) mass is 443 g/mol. The fourth-order valence-corrected chi connectivity index (χ4v) is 4.20. The van der Waals surface area contributed by atoms with Crippen LogP contribution in [0.1, 0.15) is 44.1 Å². The van der Waals surface area contributed by atoms with Crippen molar-refractivity contribution < 1.29 is 23.8 Å². The smallest absolute Gasteiger partial charge is 0.409 e. The Kier molecular flexibility index (Phi) is 9.79. The minimum absolute atomic E-state index is 0.0329. The first kappa shape index (κ1) is 24.0. The molecule has 1 heterocycles. The van der Waals surface area contributed by atoms with Crippen molar-refractivity contribution in [3.8, 4) is 6.07 Å². The van der Waals surface area contributed by atoms with E-state index in [4.69, 9.17) is 14.2 Å². The van der Waals surface area contributed by atoms with E-state index in [2.05, 4.69) is 5.32 Å². The molecule has 1 aromatic rings. The lowest BCUT2D eigenvalue weighted by atomic mass is 9.85. The highest BCUT2D eigenvalue weighted by Gasteiger charge is 2.32. The Labute approximate surface area is 189 Å². The summed E-state index contributed by atoms with van der Waals surface area (Å²) in [6.45, 7) is 2.35. The molecule has 2 atom stereocenters. The third kappa shape index (κ3) is 7.81. The zero-order valence-electron chi connectivity index (χ0n) is 18.5. The van der Waals surface area contributed by atoms with E-state index in [1.807, 2.05) is 36.4 Å². The molecule has 1 N–H and O–H groups in total. The first-order chi connectivity index (χ1) is 15.7. The number of nitriles is 1. The van der Waals surface area contributed by atoms with Gasteiger partial charge in [0, 0.05) is 13.1 Å². The molecule has 1 saturated carbocycles. The largest absolute Gasteiger partial charge is 0.436 e. The summed E-state index contributed by atoms with van der Waals surface area (Å²) in [6.07, 6.45) is 4.51. The van der Waals surface area contributed by atoms with Crippen LogP contribution in [-0.4, -0.2) is 62.0 Å². The number of alkyl carbamates (subject to hydrolysis) is 1. The Bertz CT molecular complexity index is 755. The van der Waals surface area contributed by atoms with E-state index < -0.39 is 18.2 Å². The highest BCUT2D eigenvalue weighted by atomic mass is 16.6. The van der Waals surface area contributed by atoms with E-state index in [-0.39, 0.29) is 12.5 Å². The van der Waals surface area contributed by atoms with Crippen molar-refractivity contribution in [2.45, 2.75) is 57.3 Å². The third-order valence-electron chi connectivity index (χ3n) is 5.96. The fourth-order valence-electron chi connectivity index (χ4n) is 4.20. The van der Waals surface area contributed by atoms with Gasteiger partial charge in [-0.3, -0.25) is 4.79 Å². The summed E-state index contributed by atoms with van der Waals surface area (Å²) in [7, 11) is 0. The van der Waals surface area contributed by atoms with Crippen molar-refractivity contribution in [3.05, 3.63) is 35.9 Å². The van der Waals surface area contributed by atoms with Crippen molar-refractivity contribution in [3.63, 3.8) is 0 Å². The van der Waals surface area contributed by atoms with Crippen molar-refractivity contribution in [2.24, 2.45) is 5.92 Å². The molecule has 3 rings (SSSR count). The molecule has 1 aliphatic carbocycles. The van der Waals surface area contributed by atoms with Gasteiger partial charge in [0.2, 0.25) is 0 Å². The Balaban J connectivity index is 1.52. The summed E-state index contributed by atoms with van der Waals surface area (Å²) in [5, 5.41) is 11.9. The van der Waals surface area contributed by atoms with Gasteiger partial charge in [-0.05, 0) is 17.9 Å². The SMILES string of the molecule is N#C[C@H](COCc1ccccc1)NC(=O)O[C@@H](CC1CCCCC1)C(=O)N1CCOCC1. The van der Waals surface area contributed by atoms with Crippen LogP contribution >= 0.6 is 0 Å². The maximum Gasteiger partial charge on any atom is 0.409 e. The molecular formula is C24H33N3O5. The van der Waals surface area contributed by atoms with E-state index in [1.165, 1.54) is 6.42 Å². The van der Waals surface area contributed by atoms with Gasteiger partial charge in [-0.2, -0.15) is 5.26 Å². The molecule has 2 fully saturated rings. The number of carbonyl (C=O) groups excluding carboxylic acids is 2. The number of benzene rings is 1. The number of amides is 2. The normalized spacial score (nSPS) is 18.9. The van der Waals surface area contributed by atoms with Crippen LogP contribution in [-0.2, 0) is 25.6 Å². The average molecular weight is 444 g/mol. The predicted molar refractivity (Wildman–Crippen MR) is 117 cm³/mol. The maximum absolute atomic E-state index is 13.1. The second-order valence-corrected chi connectivity index (χ2v) is 8.40. The van der Waals surface area contributed by atoms with Crippen molar-refractivity contribution in [1.82, 2.24) is 10.2 Å². The van der Waals surface area contributed by atoms with Gasteiger partial charge in [-0.1, -0.05) is 62.4 Å². The molecule has 1 saturated heterocycles. The predicted octanol–water partition coefficient (Wildman–Crippen LogP) is 3.02. The zero-order valence-corrected chi connectivity index (χ0v) is 18.5. The molecule has 0 radical (unpaired) electrons. The van der Waals surface area contributed by atoms with Gasteiger partial charge >= 0.3 is 6.09 Å². The van der Waals surface area contributed by atoms with E-state index in [9.17, 15) is 14.9 Å². The lowest BCUT2D eigenvalue weighted by Crippen LogP contribution is -2.49. The quantitative estimate of drug-likeness (QED) is 0.630. The summed E-state index contributed by atoms with van der Waals surface area (Å²) in [5.74, 6) is 0.190. The lowest BCUT2D eigenvalue weighted by molar-refractivity contribution is -0.145. The molecule has 0 unspecified atom stereocenters. The summed E-state index contributed by atoms with van der Waals surface area (Å²) in [6, 6.07) is 10.7. The number of carbonyl (C=O) groups is 2.